The fraction of sp³-hybridized carbons (Fsp3) is 0.417. The van der Waals surface area contributed by atoms with Gasteiger partial charge in [0.2, 0.25) is 0 Å². The zero-order chi connectivity index (χ0) is 21.1. The van der Waals surface area contributed by atoms with Gasteiger partial charge in [-0.3, -0.25) is 14.6 Å². The monoisotopic (exact) mass is 423 g/mol. The Morgan fingerprint density at radius 1 is 1.17 bits per heavy atom. The van der Waals surface area contributed by atoms with Crippen LogP contribution in [0.1, 0.15) is 34.0 Å². The standard InChI is InChI=1S/C24H29N3O2S/c1-4-19-6-8-21-22(16-19)30-24(25-21)27(10-9-26-11-13-29-14-12-26)23(28)20-7-5-17(2)15-18(20)3/h5-8,15-16H,4,9-14H2,1-3H3. The number of anilines is 1. The van der Waals surface area contributed by atoms with Crippen LogP contribution in [0.4, 0.5) is 5.13 Å². The summed E-state index contributed by atoms with van der Waals surface area (Å²) in [6.45, 7) is 11.0. The molecule has 1 aromatic heterocycles. The average molecular weight is 424 g/mol. The zero-order valence-corrected chi connectivity index (χ0v) is 18.8. The smallest absolute Gasteiger partial charge is 0.260 e. The van der Waals surface area contributed by atoms with E-state index in [2.05, 4.69) is 43.0 Å². The van der Waals surface area contributed by atoms with Crippen LogP contribution in [0.3, 0.4) is 0 Å². The summed E-state index contributed by atoms with van der Waals surface area (Å²) in [4.78, 5) is 22.6. The molecule has 5 nitrogen and oxygen atoms in total. The lowest BCUT2D eigenvalue weighted by Gasteiger charge is -2.29. The van der Waals surface area contributed by atoms with Gasteiger partial charge in [-0.1, -0.05) is 42.0 Å². The Labute approximate surface area is 182 Å². The van der Waals surface area contributed by atoms with Gasteiger partial charge in [0.15, 0.2) is 5.13 Å². The van der Waals surface area contributed by atoms with Gasteiger partial charge in [-0.15, -0.1) is 0 Å². The quantitative estimate of drug-likeness (QED) is 0.587. The van der Waals surface area contributed by atoms with Gasteiger partial charge in [0.05, 0.1) is 23.4 Å². The SMILES string of the molecule is CCc1ccc2nc(N(CCN3CCOCC3)C(=O)c3ccc(C)cc3C)sc2c1. The van der Waals surface area contributed by atoms with Crippen molar-refractivity contribution >= 4 is 32.6 Å². The molecule has 1 aliphatic rings. The molecule has 6 heteroatoms. The number of aryl methyl sites for hydroxylation is 3. The van der Waals surface area contributed by atoms with Crippen molar-refractivity contribution in [2.45, 2.75) is 27.2 Å². The Kier molecular flexibility index (Phi) is 6.46. The lowest BCUT2D eigenvalue weighted by atomic mass is 10.0. The number of carbonyl (C=O) groups is 1. The zero-order valence-electron chi connectivity index (χ0n) is 18.0. The summed E-state index contributed by atoms with van der Waals surface area (Å²) in [6.07, 6.45) is 0.991. The first-order chi connectivity index (χ1) is 14.5. The Morgan fingerprint density at radius 3 is 2.70 bits per heavy atom. The van der Waals surface area contributed by atoms with Crippen molar-refractivity contribution in [1.29, 1.82) is 0 Å². The molecule has 158 valence electrons. The first-order valence-corrected chi connectivity index (χ1v) is 11.5. The van der Waals surface area contributed by atoms with Gasteiger partial charge in [-0.05, 0) is 49.6 Å². The normalized spacial score (nSPS) is 14.9. The molecule has 0 atom stereocenters. The van der Waals surface area contributed by atoms with E-state index < -0.39 is 0 Å². The molecular formula is C24H29N3O2S. The van der Waals surface area contributed by atoms with E-state index in [0.717, 1.165) is 71.3 Å². The lowest BCUT2D eigenvalue weighted by Crippen LogP contribution is -2.43. The number of amides is 1. The first kappa shape index (κ1) is 21.0. The highest BCUT2D eigenvalue weighted by Crippen LogP contribution is 2.31. The van der Waals surface area contributed by atoms with Crippen molar-refractivity contribution in [2.24, 2.45) is 0 Å². The van der Waals surface area contributed by atoms with Crippen LogP contribution in [0.2, 0.25) is 0 Å². The highest BCUT2D eigenvalue weighted by Gasteiger charge is 2.24. The number of benzene rings is 2. The topological polar surface area (TPSA) is 45.7 Å². The minimum Gasteiger partial charge on any atom is -0.379 e. The maximum absolute atomic E-state index is 13.6. The maximum atomic E-state index is 13.6. The Hall–Kier alpha value is -2.28. The third-order valence-electron chi connectivity index (χ3n) is 5.68. The molecule has 1 saturated heterocycles. The number of aromatic nitrogens is 1. The predicted octanol–water partition coefficient (Wildman–Crippen LogP) is 4.45. The van der Waals surface area contributed by atoms with Gasteiger partial charge in [-0.25, -0.2) is 4.98 Å². The second-order valence-corrected chi connectivity index (χ2v) is 8.89. The van der Waals surface area contributed by atoms with E-state index in [9.17, 15) is 4.79 Å². The molecule has 0 bridgehead atoms. The molecule has 1 fully saturated rings. The summed E-state index contributed by atoms with van der Waals surface area (Å²) < 4.78 is 6.60. The largest absolute Gasteiger partial charge is 0.379 e. The molecule has 2 aromatic carbocycles. The van der Waals surface area contributed by atoms with Crippen LogP contribution in [-0.4, -0.2) is 55.2 Å². The van der Waals surface area contributed by atoms with E-state index in [1.165, 1.54) is 5.56 Å². The van der Waals surface area contributed by atoms with Gasteiger partial charge in [0, 0.05) is 31.7 Å². The predicted molar refractivity (Wildman–Crippen MR) is 124 cm³/mol. The minimum atomic E-state index is 0.0236. The minimum absolute atomic E-state index is 0.0236. The van der Waals surface area contributed by atoms with Crippen LogP contribution < -0.4 is 4.90 Å². The van der Waals surface area contributed by atoms with Crippen LogP contribution >= 0.6 is 11.3 Å². The summed E-state index contributed by atoms with van der Waals surface area (Å²) in [5.41, 5.74) is 5.16. The average Bonchev–Trinajstić information content (AvgIpc) is 3.17. The molecule has 0 aliphatic carbocycles. The van der Waals surface area contributed by atoms with E-state index in [1.54, 1.807) is 11.3 Å². The maximum Gasteiger partial charge on any atom is 0.260 e. The fourth-order valence-electron chi connectivity index (χ4n) is 3.84. The molecule has 0 unspecified atom stereocenters. The van der Waals surface area contributed by atoms with E-state index in [4.69, 9.17) is 9.72 Å². The van der Waals surface area contributed by atoms with Crippen molar-refractivity contribution in [3.05, 3.63) is 58.7 Å². The number of morpholine rings is 1. The van der Waals surface area contributed by atoms with E-state index in [0.29, 0.717) is 6.54 Å². The van der Waals surface area contributed by atoms with Gasteiger partial charge in [0.25, 0.3) is 5.91 Å². The highest BCUT2D eigenvalue weighted by atomic mass is 32.1. The van der Waals surface area contributed by atoms with Crippen LogP contribution in [0.5, 0.6) is 0 Å². The molecule has 0 spiro atoms. The number of ether oxygens (including phenoxy) is 1. The van der Waals surface area contributed by atoms with Crippen molar-refractivity contribution in [1.82, 2.24) is 9.88 Å². The van der Waals surface area contributed by atoms with Gasteiger partial charge in [0.1, 0.15) is 0 Å². The molecule has 0 N–H and O–H groups in total. The van der Waals surface area contributed by atoms with E-state index >= 15 is 0 Å². The number of carbonyl (C=O) groups excluding carboxylic acids is 1. The summed E-state index contributed by atoms with van der Waals surface area (Å²) >= 11 is 1.60. The first-order valence-electron chi connectivity index (χ1n) is 10.6. The number of hydrogen-bond donors (Lipinski definition) is 0. The Morgan fingerprint density at radius 2 is 1.97 bits per heavy atom. The molecule has 30 heavy (non-hydrogen) atoms. The molecular weight excluding hydrogens is 394 g/mol. The van der Waals surface area contributed by atoms with Crippen molar-refractivity contribution < 1.29 is 9.53 Å². The Bertz CT molecular complexity index is 1040. The van der Waals surface area contributed by atoms with Gasteiger partial charge in [-0.2, -0.15) is 0 Å². The van der Waals surface area contributed by atoms with Gasteiger partial charge < -0.3 is 4.74 Å². The Balaban J connectivity index is 1.66. The van der Waals surface area contributed by atoms with Crippen LogP contribution in [0.15, 0.2) is 36.4 Å². The van der Waals surface area contributed by atoms with Gasteiger partial charge >= 0.3 is 0 Å². The number of hydrogen-bond acceptors (Lipinski definition) is 5. The molecule has 0 radical (unpaired) electrons. The summed E-state index contributed by atoms with van der Waals surface area (Å²) in [5.74, 6) is 0.0236. The molecule has 3 aromatic rings. The van der Waals surface area contributed by atoms with E-state index in [-0.39, 0.29) is 5.91 Å². The second kappa shape index (κ2) is 9.25. The third kappa shape index (κ3) is 4.56. The van der Waals surface area contributed by atoms with Crippen LogP contribution in [0, 0.1) is 13.8 Å². The number of thiazole rings is 1. The summed E-state index contributed by atoms with van der Waals surface area (Å²) in [5, 5.41) is 0.775. The summed E-state index contributed by atoms with van der Waals surface area (Å²) in [6, 6.07) is 12.4. The van der Waals surface area contributed by atoms with Crippen molar-refractivity contribution in [2.75, 3.05) is 44.3 Å². The third-order valence-corrected chi connectivity index (χ3v) is 6.72. The fourth-order valence-corrected chi connectivity index (χ4v) is 4.90. The number of fused-ring (bicyclic) bond motifs is 1. The highest BCUT2D eigenvalue weighted by molar-refractivity contribution is 7.22. The molecule has 4 rings (SSSR count). The molecule has 0 saturated carbocycles. The van der Waals surface area contributed by atoms with Crippen LogP contribution in [-0.2, 0) is 11.2 Å². The summed E-state index contributed by atoms with van der Waals surface area (Å²) in [7, 11) is 0. The lowest BCUT2D eigenvalue weighted by molar-refractivity contribution is 0.0391. The van der Waals surface area contributed by atoms with Crippen molar-refractivity contribution in [3.63, 3.8) is 0 Å². The molecule has 1 amide bonds. The second-order valence-electron chi connectivity index (χ2n) is 7.88. The van der Waals surface area contributed by atoms with E-state index in [1.807, 2.05) is 24.0 Å². The van der Waals surface area contributed by atoms with Crippen LogP contribution in [0.25, 0.3) is 10.2 Å². The number of nitrogens with zero attached hydrogens (tertiary/aromatic N) is 3. The number of rotatable bonds is 6. The van der Waals surface area contributed by atoms with Crippen molar-refractivity contribution in [3.8, 4) is 0 Å². The molecule has 2 heterocycles. The molecule has 1 aliphatic heterocycles.